The summed E-state index contributed by atoms with van der Waals surface area (Å²) in [5.74, 6) is -0.00558. The topological polar surface area (TPSA) is 70.7 Å². The largest absolute Gasteiger partial charge is 0.349 e. The first-order valence-electron chi connectivity index (χ1n) is 7.92. The van der Waals surface area contributed by atoms with Gasteiger partial charge in [0.25, 0.3) is 5.91 Å². The Kier molecular flexibility index (Phi) is 4.71. The van der Waals surface area contributed by atoms with E-state index < -0.39 is 0 Å². The summed E-state index contributed by atoms with van der Waals surface area (Å²) in [7, 11) is 0. The van der Waals surface area contributed by atoms with Crippen molar-refractivity contribution in [1.29, 1.82) is 0 Å². The van der Waals surface area contributed by atoms with Crippen LogP contribution in [0.2, 0.25) is 0 Å². The van der Waals surface area contributed by atoms with Crippen LogP contribution < -0.4 is 5.32 Å². The third-order valence-electron chi connectivity index (χ3n) is 3.91. The van der Waals surface area contributed by atoms with E-state index in [9.17, 15) is 4.79 Å². The van der Waals surface area contributed by atoms with E-state index in [0.29, 0.717) is 4.88 Å². The molecule has 1 atom stereocenters. The van der Waals surface area contributed by atoms with Crippen LogP contribution in [0, 0.1) is 0 Å². The molecule has 3 rings (SSSR count). The van der Waals surface area contributed by atoms with Crippen molar-refractivity contribution in [2.75, 3.05) is 0 Å². The first-order chi connectivity index (χ1) is 11.2. The van der Waals surface area contributed by atoms with Crippen LogP contribution >= 0.6 is 11.3 Å². The highest BCUT2D eigenvalue weighted by molar-refractivity contribution is 7.20. The number of carbonyl (C=O) groups is 1. The van der Waals surface area contributed by atoms with Crippen LogP contribution in [0.4, 0.5) is 0 Å². The Morgan fingerprint density at radius 3 is 2.83 bits per heavy atom. The Morgan fingerprint density at radius 1 is 1.35 bits per heavy atom. The Balaban J connectivity index is 1.86. The molecule has 0 saturated heterocycles. The number of fused-ring (bicyclic) bond motifs is 1. The smallest absolute Gasteiger partial charge is 0.261 e. The van der Waals surface area contributed by atoms with Crippen molar-refractivity contribution in [1.82, 2.24) is 20.5 Å². The molecule has 6 heteroatoms. The number of nitrogens with one attached hydrogen (secondary N) is 2. The monoisotopic (exact) mass is 328 g/mol. The van der Waals surface area contributed by atoms with Crippen LogP contribution in [0.1, 0.15) is 42.8 Å². The fourth-order valence-corrected chi connectivity index (χ4v) is 3.54. The Labute approximate surface area is 139 Å². The van der Waals surface area contributed by atoms with Gasteiger partial charge in [-0.15, -0.1) is 11.3 Å². The zero-order valence-electron chi connectivity index (χ0n) is 13.3. The minimum absolute atomic E-state index is 0.00558. The Bertz CT molecular complexity index is 793. The molecule has 0 unspecified atom stereocenters. The van der Waals surface area contributed by atoms with Gasteiger partial charge in [-0.25, -0.2) is 0 Å². The van der Waals surface area contributed by atoms with Gasteiger partial charge in [-0.05, 0) is 31.0 Å². The van der Waals surface area contributed by atoms with Gasteiger partial charge in [-0.2, -0.15) is 5.10 Å². The number of aromatic nitrogens is 3. The van der Waals surface area contributed by atoms with Gasteiger partial charge < -0.3 is 5.32 Å². The fraction of sp³-hybridized carbons (Fsp3) is 0.353. The molecule has 120 valence electrons. The normalized spacial score (nSPS) is 12.4. The standard InChI is InChI=1S/C17H20N4OS/c1-3-5-12(4-2)19-16(22)14-10-13-15(20-21-17(13)23-14)11-6-8-18-9-7-11/h6-10,12H,3-5H2,1-2H3,(H,19,22)(H,20,21)/t12-/m0/s1. The maximum atomic E-state index is 12.5. The Morgan fingerprint density at radius 2 is 2.13 bits per heavy atom. The van der Waals surface area contributed by atoms with Crippen molar-refractivity contribution in [2.24, 2.45) is 0 Å². The highest BCUT2D eigenvalue weighted by Crippen LogP contribution is 2.31. The summed E-state index contributed by atoms with van der Waals surface area (Å²) in [5.41, 5.74) is 1.95. The number of thiophene rings is 1. The number of amides is 1. The minimum atomic E-state index is -0.00558. The summed E-state index contributed by atoms with van der Waals surface area (Å²) < 4.78 is 0. The van der Waals surface area contributed by atoms with E-state index in [4.69, 9.17) is 0 Å². The molecule has 3 aromatic rings. The molecule has 0 aliphatic carbocycles. The van der Waals surface area contributed by atoms with Crippen molar-refractivity contribution >= 4 is 27.5 Å². The first-order valence-corrected chi connectivity index (χ1v) is 8.73. The van der Waals surface area contributed by atoms with E-state index >= 15 is 0 Å². The van der Waals surface area contributed by atoms with E-state index in [-0.39, 0.29) is 11.9 Å². The lowest BCUT2D eigenvalue weighted by Gasteiger charge is -2.15. The van der Waals surface area contributed by atoms with Crippen molar-refractivity contribution in [3.05, 3.63) is 35.5 Å². The number of hydrogen-bond donors (Lipinski definition) is 2. The van der Waals surface area contributed by atoms with Crippen LogP contribution in [0.3, 0.4) is 0 Å². The average molecular weight is 328 g/mol. The second kappa shape index (κ2) is 6.91. The molecule has 2 N–H and O–H groups in total. The molecule has 0 saturated carbocycles. The number of nitrogens with zero attached hydrogens (tertiary/aromatic N) is 2. The maximum Gasteiger partial charge on any atom is 0.261 e. The summed E-state index contributed by atoms with van der Waals surface area (Å²) in [6.45, 7) is 4.23. The number of carbonyl (C=O) groups excluding carboxylic acids is 1. The summed E-state index contributed by atoms with van der Waals surface area (Å²) in [6, 6.07) is 6.02. The highest BCUT2D eigenvalue weighted by atomic mass is 32.1. The van der Waals surface area contributed by atoms with Gasteiger partial charge in [-0.3, -0.25) is 14.9 Å². The zero-order valence-corrected chi connectivity index (χ0v) is 14.1. The molecule has 0 bridgehead atoms. The molecule has 0 aliphatic rings. The summed E-state index contributed by atoms with van der Waals surface area (Å²) in [5, 5.41) is 11.5. The Hall–Kier alpha value is -2.21. The van der Waals surface area contributed by atoms with Crippen molar-refractivity contribution in [2.45, 2.75) is 39.2 Å². The number of rotatable bonds is 6. The molecule has 3 heterocycles. The lowest BCUT2D eigenvalue weighted by molar-refractivity contribution is 0.0938. The molecule has 0 aliphatic heterocycles. The van der Waals surface area contributed by atoms with Gasteiger partial charge >= 0.3 is 0 Å². The van der Waals surface area contributed by atoms with Crippen LogP contribution in [-0.4, -0.2) is 27.1 Å². The van der Waals surface area contributed by atoms with Gasteiger partial charge in [0.2, 0.25) is 0 Å². The van der Waals surface area contributed by atoms with Gasteiger partial charge in [0.15, 0.2) is 0 Å². The summed E-state index contributed by atoms with van der Waals surface area (Å²) >= 11 is 1.42. The fourth-order valence-electron chi connectivity index (χ4n) is 2.64. The second-order valence-corrected chi connectivity index (χ2v) is 6.56. The average Bonchev–Trinajstić information content (AvgIpc) is 3.15. The molecular weight excluding hydrogens is 308 g/mol. The molecule has 0 fully saturated rings. The van der Waals surface area contributed by atoms with Gasteiger partial charge in [-0.1, -0.05) is 20.3 Å². The number of H-pyrrole nitrogens is 1. The molecule has 0 aromatic carbocycles. The van der Waals surface area contributed by atoms with Gasteiger partial charge in [0.05, 0.1) is 10.6 Å². The SMILES string of the molecule is CCC[C@H](CC)NC(=O)c1cc2c(-c3ccncc3)[nH]nc2s1. The molecule has 5 nitrogen and oxygen atoms in total. The quantitative estimate of drug-likeness (QED) is 0.718. The third kappa shape index (κ3) is 3.27. The summed E-state index contributed by atoms with van der Waals surface area (Å²) in [4.78, 5) is 18.0. The van der Waals surface area contributed by atoms with Crippen molar-refractivity contribution in [3.63, 3.8) is 0 Å². The number of hydrogen-bond acceptors (Lipinski definition) is 4. The van der Waals surface area contributed by atoms with E-state index in [1.165, 1.54) is 11.3 Å². The van der Waals surface area contributed by atoms with Crippen molar-refractivity contribution < 1.29 is 4.79 Å². The molecule has 0 spiro atoms. The van der Waals surface area contributed by atoms with E-state index in [1.54, 1.807) is 12.4 Å². The zero-order chi connectivity index (χ0) is 16.2. The number of pyridine rings is 1. The minimum Gasteiger partial charge on any atom is -0.349 e. The lowest BCUT2D eigenvalue weighted by Crippen LogP contribution is -2.33. The van der Waals surface area contributed by atoms with Gasteiger partial charge in [0.1, 0.15) is 4.83 Å². The second-order valence-electron chi connectivity index (χ2n) is 5.53. The predicted molar refractivity (Wildman–Crippen MR) is 93.7 cm³/mol. The van der Waals surface area contributed by atoms with Crippen molar-refractivity contribution in [3.8, 4) is 11.3 Å². The van der Waals surface area contributed by atoms with Gasteiger partial charge in [0, 0.05) is 29.4 Å². The molecule has 3 aromatic heterocycles. The van der Waals surface area contributed by atoms with E-state index in [1.807, 2.05) is 18.2 Å². The third-order valence-corrected chi connectivity index (χ3v) is 4.94. The van der Waals surface area contributed by atoms with E-state index in [2.05, 4.69) is 34.3 Å². The predicted octanol–water partition coefficient (Wildman–Crippen LogP) is 3.99. The van der Waals surface area contributed by atoms with Crippen LogP contribution in [-0.2, 0) is 0 Å². The maximum absolute atomic E-state index is 12.5. The van der Waals surface area contributed by atoms with E-state index in [0.717, 1.165) is 40.7 Å². The first kappa shape index (κ1) is 15.7. The number of aromatic amines is 1. The molecular formula is C17H20N4OS. The van der Waals surface area contributed by atoms with Crippen LogP contribution in [0.15, 0.2) is 30.6 Å². The molecule has 0 radical (unpaired) electrons. The van der Waals surface area contributed by atoms with Crippen LogP contribution in [0.5, 0.6) is 0 Å². The molecule has 23 heavy (non-hydrogen) atoms. The highest BCUT2D eigenvalue weighted by Gasteiger charge is 2.17. The summed E-state index contributed by atoms with van der Waals surface area (Å²) in [6.07, 6.45) is 6.52. The lowest BCUT2D eigenvalue weighted by atomic mass is 10.1. The molecule has 1 amide bonds. The van der Waals surface area contributed by atoms with Crippen LogP contribution in [0.25, 0.3) is 21.5 Å².